The van der Waals surface area contributed by atoms with E-state index in [1.54, 1.807) is 4.90 Å². The maximum absolute atomic E-state index is 13.5. The molecule has 20 heavy (non-hydrogen) atoms. The van der Waals surface area contributed by atoms with Gasteiger partial charge in [0.05, 0.1) is 0 Å². The van der Waals surface area contributed by atoms with Gasteiger partial charge in [-0.05, 0) is 50.4 Å². The molecule has 3 fully saturated rings. The molecule has 3 aliphatic rings. The van der Waals surface area contributed by atoms with Gasteiger partial charge < -0.3 is 10.0 Å². The number of carboxylic acid groups (broad SMARTS) is 1. The Morgan fingerprint density at radius 2 is 1.85 bits per heavy atom. The van der Waals surface area contributed by atoms with Crippen LogP contribution in [0.3, 0.4) is 0 Å². The van der Waals surface area contributed by atoms with Crippen molar-refractivity contribution in [3.05, 3.63) is 0 Å². The Balaban J connectivity index is 1.74. The van der Waals surface area contributed by atoms with Crippen molar-refractivity contribution in [1.82, 2.24) is 4.90 Å². The number of hydrogen-bond donors (Lipinski definition) is 1. The van der Waals surface area contributed by atoms with E-state index in [4.69, 9.17) is 0 Å². The highest BCUT2D eigenvalue weighted by molar-refractivity contribution is 5.86. The molecule has 5 atom stereocenters. The van der Waals surface area contributed by atoms with Gasteiger partial charge in [-0.25, -0.2) is 9.18 Å². The lowest BCUT2D eigenvalue weighted by Gasteiger charge is -2.31. The van der Waals surface area contributed by atoms with E-state index in [-0.39, 0.29) is 24.2 Å². The largest absolute Gasteiger partial charge is 0.480 e. The summed E-state index contributed by atoms with van der Waals surface area (Å²) in [5.41, 5.74) is 0. The predicted octanol–water partition coefficient (Wildman–Crippen LogP) is 2.23. The maximum atomic E-state index is 13.5. The average molecular weight is 283 g/mol. The number of amides is 1. The topological polar surface area (TPSA) is 57.6 Å². The summed E-state index contributed by atoms with van der Waals surface area (Å²) in [5.74, 6) is -0.861. The smallest absolute Gasteiger partial charge is 0.326 e. The lowest BCUT2D eigenvalue weighted by Crippen LogP contribution is -2.46. The molecule has 5 heteroatoms. The monoisotopic (exact) mass is 283 g/mol. The van der Waals surface area contributed by atoms with Crippen molar-refractivity contribution in [2.75, 3.05) is 6.54 Å². The molecule has 2 saturated carbocycles. The first kappa shape index (κ1) is 13.8. The van der Waals surface area contributed by atoms with Crippen LogP contribution in [0.2, 0.25) is 0 Å². The minimum Gasteiger partial charge on any atom is -0.480 e. The number of aliphatic carboxylic acids is 1. The highest BCUT2D eigenvalue weighted by atomic mass is 19.1. The van der Waals surface area contributed by atoms with Crippen LogP contribution in [0.15, 0.2) is 0 Å². The fourth-order valence-corrected chi connectivity index (χ4v) is 4.44. The molecule has 112 valence electrons. The first-order valence-electron chi connectivity index (χ1n) is 7.75. The van der Waals surface area contributed by atoms with Gasteiger partial charge in [-0.1, -0.05) is 6.42 Å². The Bertz CT molecular complexity index is 414. The number of carbonyl (C=O) groups is 2. The molecule has 1 saturated heterocycles. The summed E-state index contributed by atoms with van der Waals surface area (Å²) in [7, 11) is 0. The van der Waals surface area contributed by atoms with E-state index < -0.39 is 18.2 Å². The van der Waals surface area contributed by atoms with E-state index in [1.807, 2.05) is 0 Å². The van der Waals surface area contributed by atoms with Crippen molar-refractivity contribution in [3.63, 3.8) is 0 Å². The Hall–Kier alpha value is -1.13. The molecule has 0 bridgehead atoms. The molecule has 0 spiro atoms. The van der Waals surface area contributed by atoms with Crippen LogP contribution in [-0.2, 0) is 9.59 Å². The third kappa shape index (κ3) is 2.31. The van der Waals surface area contributed by atoms with Gasteiger partial charge >= 0.3 is 5.97 Å². The SMILES string of the molecule is O=C(O)[C@@H]1[C@@H]2CCC[C@@H]2CN1C(=O)[C@@H]1CCC[C@@H](F)C1. The highest BCUT2D eigenvalue weighted by Crippen LogP contribution is 2.43. The summed E-state index contributed by atoms with van der Waals surface area (Å²) < 4.78 is 13.5. The van der Waals surface area contributed by atoms with Crippen LogP contribution < -0.4 is 0 Å². The third-order valence-corrected chi connectivity index (χ3v) is 5.39. The van der Waals surface area contributed by atoms with E-state index in [0.29, 0.717) is 25.3 Å². The van der Waals surface area contributed by atoms with E-state index in [0.717, 1.165) is 25.7 Å². The highest BCUT2D eigenvalue weighted by Gasteiger charge is 2.50. The second kappa shape index (κ2) is 5.34. The van der Waals surface area contributed by atoms with Crippen molar-refractivity contribution in [2.24, 2.45) is 17.8 Å². The number of rotatable bonds is 2. The Kier molecular flexibility index (Phi) is 3.69. The second-order valence-corrected chi connectivity index (χ2v) is 6.59. The molecule has 0 unspecified atom stereocenters. The van der Waals surface area contributed by atoms with Gasteiger partial charge in [0.25, 0.3) is 0 Å². The van der Waals surface area contributed by atoms with Gasteiger partial charge in [-0.3, -0.25) is 4.79 Å². The lowest BCUT2D eigenvalue weighted by atomic mass is 9.86. The van der Waals surface area contributed by atoms with E-state index in [1.165, 1.54) is 0 Å². The molecule has 2 aliphatic carbocycles. The average Bonchev–Trinajstić information content (AvgIpc) is 2.96. The van der Waals surface area contributed by atoms with Gasteiger partial charge in [0.2, 0.25) is 5.91 Å². The van der Waals surface area contributed by atoms with Crippen LogP contribution >= 0.6 is 0 Å². The minimum absolute atomic E-state index is 0.112. The second-order valence-electron chi connectivity index (χ2n) is 6.59. The molecule has 1 amide bonds. The van der Waals surface area contributed by atoms with E-state index in [2.05, 4.69) is 0 Å². The Labute approximate surface area is 118 Å². The van der Waals surface area contributed by atoms with E-state index >= 15 is 0 Å². The van der Waals surface area contributed by atoms with Crippen LogP contribution in [0, 0.1) is 17.8 Å². The summed E-state index contributed by atoms with van der Waals surface area (Å²) in [5, 5.41) is 9.46. The van der Waals surface area contributed by atoms with Crippen molar-refractivity contribution < 1.29 is 19.1 Å². The summed E-state index contributed by atoms with van der Waals surface area (Å²) in [4.78, 5) is 25.7. The lowest BCUT2D eigenvalue weighted by molar-refractivity contribution is -0.152. The molecule has 0 aromatic heterocycles. The molecule has 0 aromatic rings. The normalized spacial score (nSPS) is 40.6. The third-order valence-electron chi connectivity index (χ3n) is 5.39. The number of fused-ring (bicyclic) bond motifs is 1. The first-order chi connectivity index (χ1) is 9.58. The number of alkyl halides is 1. The predicted molar refractivity (Wildman–Crippen MR) is 70.8 cm³/mol. The molecule has 1 N–H and O–H groups in total. The molecule has 1 aliphatic heterocycles. The molecule has 1 heterocycles. The summed E-state index contributed by atoms with van der Waals surface area (Å²) in [6.07, 6.45) is 4.35. The minimum atomic E-state index is -0.900. The molecule has 4 nitrogen and oxygen atoms in total. The zero-order valence-electron chi connectivity index (χ0n) is 11.6. The van der Waals surface area contributed by atoms with Gasteiger partial charge in [0.15, 0.2) is 0 Å². The number of carboxylic acids is 1. The summed E-state index contributed by atoms with van der Waals surface area (Å²) >= 11 is 0. The summed E-state index contributed by atoms with van der Waals surface area (Å²) in [6, 6.07) is -0.671. The quantitative estimate of drug-likeness (QED) is 0.845. The van der Waals surface area contributed by atoms with Gasteiger partial charge in [0, 0.05) is 12.5 Å². The molecular weight excluding hydrogens is 261 g/mol. The van der Waals surface area contributed by atoms with Gasteiger partial charge in [-0.15, -0.1) is 0 Å². The molecule has 3 rings (SSSR count). The number of halogens is 1. The van der Waals surface area contributed by atoms with Crippen molar-refractivity contribution in [1.29, 1.82) is 0 Å². The van der Waals surface area contributed by atoms with Crippen LogP contribution in [0.4, 0.5) is 4.39 Å². The molecule has 0 aromatic carbocycles. The molecule has 0 radical (unpaired) electrons. The van der Waals surface area contributed by atoms with E-state index in [9.17, 15) is 19.1 Å². The summed E-state index contributed by atoms with van der Waals surface area (Å²) in [6.45, 7) is 0.563. The van der Waals surface area contributed by atoms with Gasteiger partial charge in [0.1, 0.15) is 12.2 Å². The van der Waals surface area contributed by atoms with Crippen LogP contribution in [-0.4, -0.2) is 40.6 Å². The number of likely N-dealkylation sites (tertiary alicyclic amines) is 1. The van der Waals surface area contributed by atoms with Crippen molar-refractivity contribution in [2.45, 2.75) is 57.2 Å². The Morgan fingerprint density at radius 1 is 1.10 bits per heavy atom. The number of hydrogen-bond acceptors (Lipinski definition) is 2. The van der Waals surface area contributed by atoms with Crippen molar-refractivity contribution in [3.8, 4) is 0 Å². The molecular formula is C15H22FNO3. The van der Waals surface area contributed by atoms with Crippen LogP contribution in [0.25, 0.3) is 0 Å². The Morgan fingerprint density at radius 3 is 2.55 bits per heavy atom. The standard InChI is InChI=1S/C15H22FNO3/c16-11-5-1-3-9(7-11)14(18)17-8-10-4-2-6-12(10)13(17)15(19)20/h9-13H,1-8H2,(H,19,20)/t9-,10-,11-,12-,13+/m1/s1. The van der Waals surface area contributed by atoms with Crippen LogP contribution in [0.5, 0.6) is 0 Å². The number of nitrogens with zero attached hydrogens (tertiary/aromatic N) is 1. The number of carbonyl (C=O) groups excluding carboxylic acids is 1. The zero-order chi connectivity index (χ0) is 14.3. The zero-order valence-corrected chi connectivity index (χ0v) is 11.6. The maximum Gasteiger partial charge on any atom is 0.326 e. The fourth-order valence-electron chi connectivity index (χ4n) is 4.44. The van der Waals surface area contributed by atoms with Gasteiger partial charge in [-0.2, -0.15) is 0 Å². The van der Waals surface area contributed by atoms with Crippen LogP contribution in [0.1, 0.15) is 44.9 Å². The van der Waals surface area contributed by atoms with Crippen molar-refractivity contribution >= 4 is 11.9 Å². The fraction of sp³-hybridized carbons (Fsp3) is 0.867. The first-order valence-corrected chi connectivity index (χ1v) is 7.75.